The van der Waals surface area contributed by atoms with E-state index in [0.29, 0.717) is 40.5 Å². The van der Waals surface area contributed by atoms with Crippen LogP contribution in [-0.4, -0.2) is 128 Å². The number of aromatic amines is 1. The van der Waals surface area contributed by atoms with Crippen molar-refractivity contribution in [2.45, 2.75) is 44.1 Å². The van der Waals surface area contributed by atoms with E-state index < -0.39 is 47.6 Å². The Balaban J connectivity index is 0.962. The Morgan fingerprint density at radius 1 is 1.01 bits per heavy atom. The van der Waals surface area contributed by atoms with Gasteiger partial charge in [0.2, 0.25) is 10.0 Å². The molecule has 3 aromatic heterocycles. The van der Waals surface area contributed by atoms with Gasteiger partial charge in [0.1, 0.15) is 23.9 Å². The SMILES string of the molecule is CC1(C)CCC(CN2CCN(c3ccc(C(=O)NS(=O)(=O)c4ccc(OC[C@@H]5CN(S(C)(=O)=O)CCO5)c([N+](=O)[O-])c4)c(-n4ncc5nc6[nH]ccc6cc54)c3)CC2)=C(c2ccc(Cl)cc2)C1. The van der Waals surface area contributed by atoms with Crippen LogP contribution >= 0.6 is 11.6 Å². The van der Waals surface area contributed by atoms with Crippen LogP contribution in [0.3, 0.4) is 0 Å². The largest absolute Gasteiger partial charge is 0.484 e. The molecule has 0 unspecified atom stereocenters. The number of carbonyl (C=O) groups excluding carboxylic acids is 1. The van der Waals surface area contributed by atoms with E-state index in [9.17, 15) is 31.7 Å². The van der Waals surface area contributed by atoms with Crippen LogP contribution in [-0.2, 0) is 24.8 Å². The summed E-state index contributed by atoms with van der Waals surface area (Å²) in [7, 11) is -8.20. The summed E-state index contributed by atoms with van der Waals surface area (Å²) in [5.74, 6) is -1.25. The molecule has 2 saturated heterocycles. The number of carbonyl (C=O) groups is 1. The number of halogens is 1. The second-order valence-corrected chi connectivity index (χ2v) is 22.1. The minimum Gasteiger partial charge on any atom is -0.484 e. The molecule has 9 rings (SSSR count). The molecule has 0 saturated carbocycles. The van der Waals surface area contributed by atoms with Crippen molar-refractivity contribution in [1.82, 2.24) is 33.7 Å². The van der Waals surface area contributed by atoms with E-state index >= 15 is 0 Å². The molecular formula is C46H50ClN9O9S2. The summed E-state index contributed by atoms with van der Waals surface area (Å²) in [6, 6.07) is 20.0. The van der Waals surface area contributed by atoms with Crippen molar-refractivity contribution in [2.24, 2.45) is 5.41 Å². The second-order valence-electron chi connectivity index (χ2n) is 18.0. The number of allylic oxidation sites excluding steroid dienone is 1. The van der Waals surface area contributed by atoms with Gasteiger partial charge in [0.15, 0.2) is 5.75 Å². The Kier molecular flexibility index (Phi) is 12.6. The van der Waals surface area contributed by atoms with Gasteiger partial charge in [-0.3, -0.25) is 19.8 Å². The van der Waals surface area contributed by atoms with E-state index in [0.717, 1.165) is 74.4 Å². The molecular weight excluding hydrogens is 922 g/mol. The van der Waals surface area contributed by atoms with Gasteiger partial charge in [-0.2, -0.15) is 9.40 Å². The lowest BCUT2D eigenvalue weighted by Gasteiger charge is -2.39. The highest BCUT2D eigenvalue weighted by molar-refractivity contribution is 7.90. The zero-order valence-electron chi connectivity index (χ0n) is 37.1. The van der Waals surface area contributed by atoms with Gasteiger partial charge in [0.05, 0.1) is 45.6 Å². The van der Waals surface area contributed by atoms with Crippen LogP contribution in [0.15, 0.2) is 95.7 Å². The number of benzene rings is 3. The fraction of sp³-hybridized carbons (Fsp3) is 0.370. The number of aromatic nitrogens is 4. The molecule has 1 aliphatic carbocycles. The van der Waals surface area contributed by atoms with Crippen molar-refractivity contribution in [2.75, 3.05) is 70.2 Å². The summed E-state index contributed by atoms with van der Waals surface area (Å²) in [5, 5.41) is 18.3. The van der Waals surface area contributed by atoms with Gasteiger partial charge in [0, 0.05) is 74.2 Å². The van der Waals surface area contributed by atoms with Gasteiger partial charge in [-0.25, -0.2) is 31.2 Å². The number of ether oxygens (including phenoxy) is 2. The number of sulfonamides is 2. The lowest BCUT2D eigenvalue weighted by Crippen LogP contribution is -2.47. The first-order valence-electron chi connectivity index (χ1n) is 21.9. The van der Waals surface area contributed by atoms with Crippen molar-refractivity contribution in [3.63, 3.8) is 0 Å². The molecule has 3 aromatic carbocycles. The van der Waals surface area contributed by atoms with Crippen molar-refractivity contribution in [1.29, 1.82) is 0 Å². The maximum absolute atomic E-state index is 14.2. The van der Waals surface area contributed by atoms with Crippen LogP contribution in [0.25, 0.3) is 33.3 Å². The monoisotopic (exact) mass is 971 g/mol. The number of fused-ring (bicyclic) bond motifs is 2. The molecule has 3 aliphatic rings. The lowest BCUT2D eigenvalue weighted by molar-refractivity contribution is -0.386. The maximum atomic E-state index is 14.2. The van der Waals surface area contributed by atoms with Crippen molar-refractivity contribution < 1.29 is 36.0 Å². The van der Waals surface area contributed by atoms with Gasteiger partial charge in [0.25, 0.3) is 15.9 Å². The van der Waals surface area contributed by atoms with Crippen LogP contribution in [0.5, 0.6) is 5.75 Å². The van der Waals surface area contributed by atoms with E-state index in [1.54, 1.807) is 29.2 Å². The molecule has 352 valence electrons. The Morgan fingerprint density at radius 2 is 1.79 bits per heavy atom. The summed E-state index contributed by atoms with van der Waals surface area (Å²) < 4.78 is 68.0. The molecule has 2 fully saturated rings. The number of nitro groups is 1. The number of morpholine rings is 1. The molecule has 0 spiro atoms. The average molecular weight is 973 g/mol. The van der Waals surface area contributed by atoms with E-state index in [4.69, 9.17) is 21.1 Å². The highest BCUT2D eigenvalue weighted by Gasteiger charge is 2.32. The third-order valence-electron chi connectivity index (χ3n) is 12.7. The minimum atomic E-state index is -4.70. The number of amides is 1. The molecule has 0 bridgehead atoms. The Bertz CT molecular complexity index is 3150. The average Bonchev–Trinajstić information content (AvgIpc) is 3.94. The fourth-order valence-electron chi connectivity index (χ4n) is 9.04. The predicted octanol–water partition coefficient (Wildman–Crippen LogP) is 6.41. The van der Waals surface area contributed by atoms with Crippen LogP contribution in [0.4, 0.5) is 11.4 Å². The third kappa shape index (κ3) is 10.0. The highest BCUT2D eigenvalue weighted by atomic mass is 35.5. The molecule has 2 N–H and O–H groups in total. The van der Waals surface area contributed by atoms with Gasteiger partial charge in [-0.1, -0.05) is 43.2 Å². The Labute approximate surface area is 392 Å². The standard InChI is InChI=1S/C46H50ClN9O9S2/c1-46(2)14-12-32(38(25-46)30-4-6-33(47)7-5-30)27-52-16-18-53(19-17-52)34-8-10-37(40(23-34)55-41-22-31-13-15-48-44(31)50-39(41)26-49-55)45(57)51-67(62,63)36-9-11-43(42(24-36)56(58)59)65-29-35-28-54(20-21-64-35)66(3,60)61/h4-11,13,15,22-24,26,35H,12,14,16-21,25,27-29H2,1-3H3,(H,48,50)(H,51,57)/t35-/m0/s1. The Morgan fingerprint density at radius 3 is 2.54 bits per heavy atom. The molecule has 18 nitrogen and oxygen atoms in total. The van der Waals surface area contributed by atoms with E-state index in [1.807, 2.05) is 30.3 Å². The molecule has 2 aliphatic heterocycles. The van der Waals surface area contributed by atoms with E-state index in [1.165, 1.54) is 21.0 Å². The molecule has 21 heteroatoms. The number of rotatable bonds is 13. The first-order valence-corrected chi connectivity index (χ1v) is 25.6. The summed E-state index contributed by atoms with van der Waals surface area (Å²) in [6.07, 6.45) is 6.83. The minimum absolute atomic E-state index is 0.0166. The second kappa shape index (κ2) is 18.3. The number of nitrogens with one attached hydrogen (secondary N) is 2. The maximum Gasteiger partial charge on any atom is 0.312 e. The van der Waals surface area contributed by atoms with Gasteiger partial charge >= 0.3 is 5.69 Å². The molecule has 67 heavy (non-hydrogen) atoms. The van der Waals surface area contributed by atoms with E-state index in [-0.39, 0.29) is 43.0 Å². The number of pyridine rings is 1. The van der Waals surface area contributed by atoms with E-state index in [2.05, 4.69) is 55.6 Å². The van der Waals surface area contributed by atoms with Crippen molar-refractivity contribution >= 4 is 76.6 Å². The van der Waals surface area contributed by atoms with Gasteiger partial charge < -0.3 is 19.4 Å². The first-order chi connectivity index (χ1) is 31.9. The number of nitrogens with zero attached hydrogens (tertiary/aromatic N) is 7. The quantitative estimate of drug-likeness (QED) is 0.0947. The molecule has 1 atom stereocenters. The normalized spacial score (nSPS) is 18.7. The highest BCUT2D eigenvalue weighted by Crippen LogP contribution is 2.43. The summed E-state index contributed by atoms with van der Waals surface area (Å²) in [6.45, 7) is 8.51. The molecule has 1 amide bonds. The zero-order chi connectivity index (χ0) is 47.3. The Hall–Kier alpha value is -5.90. The smallest absolute Gasteiger partial charge is 0.312 e. The van der Waals surface area contributed by atoms with Gasteiger partial charge in [-0.05, 0) is 90.4 Å². The number of piperazine rings is 1. The number of hydrogen-bond donors (Lipinski definition) is 2. The predicted molar refractivity (Wildman–Crippen MR) is 255 cm³/mol. The van der Waals surface area contributed by atoms with Gasteiger partial charge in [-0.15, -0.1) is 0 Å². The zero-order valence-corrected chi connectivity index (χ0v) is 39.5. The topological polar surface area (TPSA) is 215 Å². The summed E-state index contributed by atoms with van der Waals surface area (Å²) >= 11 is 6.25. The molecule has 6 aromatic rings. The fourth-order valence-corrected chi connectivity index (χ4v) is 11.0. The van der Waals surface area contributed by atoms with Crippen molar-refractivity contribution in [3.05, 3.63) is 117 Å². The number of H-pyrrole nitrogens is 1. The van der Waals surface area contributed by atoms with Crippen molar-refractivity contribution in [3.8, 4) is 11.4 Å². The third-order valence-corrected chi connectivity index (χ3v) is 15.6. The summed E-state index contributed by atoms with van der Waals surface area (Å²) in [4.78, 5) is 37.5. The summed E-state index contributed by atoms with van der Waals surface area (Å²) in [5.41, 5.74) is 6.46. The first kappa shape index (κ1) is 46.2. The lowest BCUT2D eigenvalue weighted by atomic mass is 9.72. The van der Waals surface area contributed by atoms with Crippen LogP contribution in [0.1, 0.15) is 49.0 Å². The van der Waals surface area contributed by atoms with Crippen LogP contribution < -0.4 is 14.4 Å². The number of hydrogen-bond acceptors (Lipinski definition) is 13. The number of nitro benzene ring substituents is 1. The molecule has 5 heterocycles. The molecule has 0 radical (unpaired) electrons. The number of anilines is 1. The van der Waals surface area contributed by atoms with Crippen LogP contribution in [0, 0.1) is 15.5 Å². The van der Waals surface area contributed by atoms with Crippen LogP contribution in [0.2, 0.25) is 5.02 Å².